The number of aromatic amines is 1. The first kappa shape index (κ1) is 14.8. The van der Waals surface area contributed by atoms with Crippen molar-refractivity contribution >= 4 is 5.91 Å². The average molecular weight is 284 g/mol. The van der Waals surface area contributed by atoms with Gasteiger partial charge >= 0.3 is 0 Å². The maximum Gasteiger partial charge on any atom is 0.251 e. The standard InChI is InChI=1S/C15H16N4O2/c1-11-7-12(3-2-6-20)9-13(8-11)15(21)16-5-4-14-17-10-18-19-14/h7-10,20H,4-6H2,1H3,(H,16,21)(H,17,18,19). The summed E-state index contributed by atoms with van der Waals surface area (Å²) in [5, 5.41) is 18.0. The van der Waals surface area contributed by atoms with Crippen LogP contribution in [0.15, 0.2) is 24.5 Å². The quantitative estimate of drug-likeness (QED) is 0.710. The van der Waals surface area contributed by atoms with Crippen LogP contribution in [0.4, 0.5) is 0 Å². The predicted octanol–water partition coefficient (Wildman–Crippen LogP) is 0.429. The van der Waals surface area contributed by atoms with E-state index in [2.05, 4.69) is 32.3 Å². The van der Waals surface area contributed by atoms with Gasteiger partial charge in [0.1, 0.15) is 18.8 Å². The summed E-state index contributed by atoms with van der Waals surface area (Å²) in [6.45, 7) is 2.17. The van der Waals surface area contributed by atoms with E-state index in [4.69, 9.17) is 5.11 Å². The van der Waals surface area contributed by atoms with Crippen LogP contribution in [0, 0.1) is 18.8 Å². The number of benzene rings is 1. The van der Waals surface area contributed by atoms with Crippen LogP contribution in [0.3, 0.4) is 0 Å². The van der Waals surface area contributed by atoms with Crippen molar-refractivity contribution in [3.05, 3.63) is 47.0 Å². The molecule has 0 unspecified atom stereocenters. The van der Waals surface area contributed by atoms with E-state index in [1.807, 2.05) is 13.0 Å². The smallest absolute Gasteiger partial charge is 0.251 e. The lowest BCUT2D eigenvalue weighted by atomic mass is 10.1. The molecule has 0 aliphatic rings. The molecule has 0 bridgehead atoms. The van der Waals surface area contributed by atoms with E-state index in [-0.39, 0.29) is 12.5 Å². The summed E-state index contributed by atoms with van der Waals surface area (Å²) in [6.07, 6.45) is 2.03. The summed E-state index contributed by atoms with van der Waals surface area (Å²) < 4.78 is 0. The number of nitrogens with one attached hydrogen (secondary N) is 2. The van der Waals surface area contributed by atoms with Gasteiger partial charge in [0, 0.05) is 24.1 Å². The molecule has 0 saturated heterocycles. The molecule has 0 aliphatic heterocycles. The van der Waals surface area contributed by atoms with Crippen LogP contribution in [-0.4, -0.2) is 39.3 Å². The SMILES string of the molecule is Cc1cc(C#CCO)cc(C(=O)NCCc2ncn[nH]2)c1. The first-order valence-corrected chi connectivity index (χ1v) is 6.53. The second kappa shape index (κ2) is 7.22. The molecular weight excluding hydrogens is 268 g/mol. The highest BCUT2D eigenvalue weighted by Crippen LogP contribution is 2.09. The van der Waals surface area contributed by atoms with Gasteiger partial charge < -0.3 is 10.4 Å². The molecule has 108 valence electrons. The Bertz CT molecular complexity index is 669. The van der Waals surface area contributed by atoms with Gasteiger partial charge in [-0.05, 0) is 30.7 Å². The van der Waals surface area contributed by atoms with Crippen molar-refractivity contribution in [2.45, 2.75) is 13.3 Å². The Morgan fingerprint density at radius 2 is 2.29 bits per heavy atom. The Labute approximate surface area is 122 Å². The Kier molecular flexibility index (Phi) is 5.07. The van der Waals surface area contributed by atoms with Crippen LogP contribution >= 0.6 is 0 Å². The minimum Gasteiger partial charge on any atom is -0.384 e. The lowest BCUT2D eigenvalue weighted by molar-refractivity contribution is 0.0954. The second-order valence-electron chi connectivity index (χ2n) is 4.49. The van der Waals surface area contributed by atoms with E-state index in [0.29, 0.717) is 24.1 Å². The van der Waals surface area contributed by atoms with Crippen molar-refractivity contribution in [3.63, 3.8) is 0 Å². The van der Waals surface area contributed by atoms with Crippen molar-refractivity contribution in [2.24, 2.45) is 0 Å². The monoisotopic (exact) mass is 284 g/mol. The van der Waals surface area contributed by atoms with Crippen LogP contribution in [0.2, 0.25) is 0 Å². The fourth-order valence-electron chi connectivity index (χ4n) is 1.88. The minimum atomic E-state index is -0.202. The molecule has 21 heavy (non-hydrogen) atoms. The molecule has 0 aliphatic carbocycles. The third-order valence-corrected chi connectivity index (χ3v) is 2.76. The average Bonchev–Trinajstić information content (AvgIpc) is 2.97. The first-order valence-electron chi connectivity index (χ1n) is 6.53. The number of aliphatic hydroxyl groups is 1. The molecular formula is C15H16N4O2. The number of aliphatic hydroxyl groups excluding tert-OH is 1. The highest BCUT2D eigenvalue weighted by atomic mass is 16.2. The summed E-state index contributed by atoms with van der Waals surface area (Å²) in [6, 6.07) is 5.38. The van der Waals surface area contributed by atoms with Gasteiger partial charge in [-0.2, -0.15) is 5.10 Å². The van der Waals surface area contributed by atoms with Gasteiger partial charge in [0.05, 0.1) is 0 Å². The lowest BCUT2D eigenvalue weighted by Gasteiger charge is -2.06. The van der Waals surface area contributed by atoms with E-state index in [1.165, 1.54) is 6.33 Å². The Balaban J connectivity index is 1.99. The molecule has 6 nitrogen and oxygen atoms in total. The van der Waals surface area contributed by atoms with E-state index in [9.17, 15) is 4.79 Å². The molecule has 3 N–H and O–H groups in total. The fourth-order valence-corrected chi connectivity index (χ4v) is 1.88. The van der Waals surface area contributed by atoms with E-state index < -0.39 is 0 Å². The maximum absolute atomic E-state index is 12.1. The summed E-state index contributed by atoms with van der Waals surface area (Å²) in [5.41, 5.74) is 2.21. The lowest BCUT2D eigenvalue weighted by Crippen LogP contribution is -2.26. The number of nitrogens with zero attached hydrogens (tertiary/aromatic N) is 2. The molecule has 0 spiro atoms. The predicted molar refractivity (Wildman–Crippen MR) is 77.6 cm³/mol. The molecule has 2 rings (SSSR count). The first-order chi connectivity index (χ1) is 10.2. The normalized spacial score (nSPS) is 9.81. The van der Waals surface area contributed by atoms with Crippen molar-refractivity contribution in [1.82, 2.24) is 20.5 Å². The highest BCUT2D eigenvalue weighted by Gasteiger charge is 2.07. The third-order valence-electron chi connectivity index (χ3n) is 2.76. The summed E-state index contributed by atoms with van der Waals surface area (Å²) in [7, 11) is 0. The second-order valence-corrected chi connectivity index (χ2v) is 4.49. The number of aryl methyl sites for hydroxylation is 1. The summed E-state index contributed by atoms with van der Waals surface area (Å²) in [5.74, 6) is 5.95. The number of rotatable bonds is 4. The minimum absolute atomic E-state index is 0.162. The molecule has 0 saturated carbocycles. The van der Waals surface area contributed by atoms with Gasteiger partial charge in [0.15, 0.2) is 0 Å². The molecule has 6 heteroatoms. The molecule has 1 amide bonds. The number of carbonyl (C=O) groups is 1. The maximum atomic E-state index is 12.1. The topological polar surface area (TPSA) is 90.9 Å². The molecule has 1 heterocycles. The summed E-state index contributed by atoms with van der Waals surface area (Å²) in [4.78, 5) is 16.1. The van der Waals surface area contributed by atoms with Gasteiger partial charge in [-0.25, -0.2) is 4.98 Å². The highest BCUT2D eigenvalue weighted by molar-refractivity contribution is 5.94. The fraction of sp³-hybridized carbons (Fsp3) is 0.267. The largest absolute Gasteiger partial charge is 0.384 e. The van der Waals surface area contributed by atoms with Crippen LogP contribution in [-0.2, 0) is 6.42 Å². The van der Waals surface area contributed by atoms with Crippen LogP contribution in [0.25, 0.3) is 0 Å². The van der Waals surface area contributed by atoms with E-state index in [0.717, 1.165) is 11.4 Å². The number of carbonyl (C=O) groups excluding carboxylic acids is 1. The van der Waals surface area contributed by atoms with Crippen molar-refractivity contribution in [3.8, 4) is 11.8 Å². The Hall–Kier alpha value is -2.65. The zero-order chi connectivity index (χ0) is 15.1. The van der Waals surface area contributed by atoms with Gasteiger partial charge in [-0.15, -0.1) is 0 Å². The van der Waals surface area contributed by atoms with Crippen molar-refractivity contribution in [1.29, 1.82) is 0 Å². The van der Waals surface area contributed by atoms with Gasteiger partial charge in [-0.3, -0.25) is 9.89 Å². The molecule has 0 atom stereocenters. The number of hydrogen-bond acceptors (Lipinski definition) is 4. The molecule has 1 aromatic heterocycles. The van der Waals surface area contributed by atoms with Gasteiger partial charge in [-0.1, -0.05) is 11.8 Å². The van der Waals surface area contributed by atoms with E-state index in [1.54, 1.807) is 12.1 Å². The Morgan fingerprint density at radius 1 is 1.43 bits per heavy atom. The summed E-state index contributed by atoms with van der Waals surface area (Å²) >= 11 is 0. The zero-order valence-electron chi connectivity index (χ0n) is 11.7. The molecule has 2 aromatic rings. The van der Waals surface area contributed by atoms with Crippen molar-refractivity contribution in [2.75, 3.05) is 13.2 Å². The molecule has 0 radical (unpaired) electrons. The van der Waals surface area contributed by atoms with Gasteiger partial charge in [0.25, 0.3) is 5.91 Å². The van der Waals surface area contributed by atoms with Crippen molar-refractivity contribution < 1.29 is 9.90 Å². The number of hydrogen-bond donors (Lipinski definition) is 3. The Morgan fingerprint density at radius 3 is 3.00 bits per heavy atom. The van der Waals surface area contributed by atoms with Crippen LogP contribution in [0.1, 0.15) is 27.3 Å². The van der Waals surface area contributed by atoms with Crippen LogP contribution < -0.4 is 5.32 Å². The molecule has 0 fully saturated rings. The zero-order valence-corrected chi connectivity index (χ0v) is 11.7. The number of H-pyrrole nitrogens is 1. The van der Waals surface area contributed by atoms with E-state index >= 15 is 0 Å². The molecule has 1 aromatic carbocycles. The van der Waals surface area contributed by atoms with Crippen LogP contribution in [0.5, 0.6) is 0 Å². The number of aromatic nitrogens is 3. The third kappa shape index (κ3) is 4.44. The number of amides is 1. The van der Waals surface area contributed by atoms with Gasteiger partial charge in [0.2, 0.25) is 0 Å².